The minimum Gasteiger partial charge on any atom is -0.394 e. The van der Waals surface area contributed by atoms with Gasteiger partial charge in [-0.15, -0.1) is 0 Å². The Kier molecular flexibility index (Phi) is 6.20. The number of hydrogen-bond acceptors (Lipinski definition) is 2. The topological polar surface area (TPSA) is 29.5 Å². The summed E-state index contributed by atoms with van der Waals surface area (Å²) < 4.78 is 5.86. The lowest BCUT2D eigenvalue weighted by Crippen LogP contribution is -2.23. The lowest BCUT2D eigenvalue weighted by Gasteiger charge is -2.20. The molecule has 14 heavy (non-hydrogen) atoms. The Bertz CT molecular complexity index is 130. The van der Waals surface area contributed by atoms with E-state index in [4.69, 9.17) is 9.84 Å². The van der Waals surface area contributed by atoms with E-state index >= 15 is 0 Å². The van der Waals surface area contributed by atoms with Gasteiger partial charge in [-0.1, -0.05) is 39.0 Å². The Balaban J connectivity index is 2.10. The molecule has 0 aliphatic heterocycles. The summed E-state index contributed by atoms with van der Waals surface area (Å²) in [5.41, 5.74) is 0. The molecule has 84 valence electrons. The van der Waals surface area contributed by atoms with Crippen molar-refractivity contribution in [3.8, 4) is 0 Å². The van der Waals surface area contributed by atoms with E-state index in [1.54, 1.807) is 0 Å². The number of hydrogen-bond donors (Lipinski definition) is 1. The Hall–Kier alpha value is -0.0800. The van der Waals surface area contributed by atoms with Crippen LogP contribution in [-0.4, -0.2) is 23.9 Å². The highest BCUT2D eigenvalue weighted by Gasteiger charge is 2.19. The molecular weight excluding hydrogens is 176 g/mol. The van der Waals surface area contributed by atoms with Crippen molar-refractivity contribution in [1.82, 2.24) is 0 Å². The van der Waals surface area contributed by atoms with Crippen LogP contribution in [0.15, 0.2) is 0 Å². The standard InChI is InChI=1S/C12H24O2/c1-2-3-4-9-12(10-13)14-11-7-5-6-8-11/h11-13H,2-10H2,1H3. The van der Waals surface area contributed by atoms with E-state index in [0.717, 1.165) is 6.42 Å². The predicted molar refractivity (Wildman–Crippen MR) is 58.4 cm³/mol. The maximum absolute atomic E-state index is 9.16. The van der Waals surface area contributed by atoms with E-state index in [1.165, 1.54) is 44.9 Å². The van der Waals surface area contributed by atoms with E-state index in [0.29, 0.717) is 6.10 Å². The van der Waals surface area contributed by atoms with Crippen molar-refractivity contribution in [2.45, 2.75) is 70.5 Å². The van der Waals surface area contributed by atoms with E-state index < -0.39 is 0 Å². The highest BCUT2D eigenvalue weighted by atomic mass is 16.5. The van der Waals surface area contributed by atoms with Gasteiger partial charge in [-0.25, -0.2) is 0 Å². The smallest absolute Gasteiger partial charge is 0.0809 e. The maximum atomic E-state index is 9.16. The van der Waals surface area contributed by atoms with Gasteiger partial charge in [0.25, 0.3) is 0 Å². The first-order valence-corrected chi connectivity index (χ1v) is 6.13. The number of ether oxygens (including phenoxy) is 1. The molecule has 0 heterocycles. The van der Waals surface area contributed by atoms with Gasteiger partial charge in [0.2, 0.25) is 0 Å². The van der Waals surface area contributed by atoms with Crippen LogP contribution in [0.25, 0.3) is 0 Å². The van der Waals surface area contributed by atoms with Gasteiger partial charge in [0, 0.05) is 0 Å². The Morgan fingerprint density at radius 2 is 2.00 bits per heavy atom. The lowest BCUT2D eigenvalue weighted by molar-refractivity contribution is -0.0403. The summed E-state index contributed by atoms with van der Waals surface area (Å²) in [6.45, 7) is 2.39. The van der Waals surface area contributed by atoms with Crippen molar-refractivity contribution in [2.24, 2.45) is 0 Å². The number of aliphatic hydroxyl groups excluding tert-OH is 1. The van der Waals surface area contributed by atoms with Crippen molar-refractivity contribution < 1.29 is 9.84 Å². The largest absolute Gasteiger partial charge is 0.394 e. The van der Waals surface area contributed by atoms with Crippen LogP contribution in [0.5, 0.6) is 0 Å². The van der Waals surface area contributed by atoms with Crippen LogP contribution in [0.2, 0.25) is 0 Å². The van der Waals surface area contributed by atoms with Crippen molar-refractivity contribution in [1.29, 1.82) is 0 Å². The van der Waals surface area contributed by atoms with Crippen LogP contribution in [-0.2, 0) is 4.74 Å². The number of rotatable bonds is 7. The van der Waals surface area contributed by atoms with Crippen molar-refractivity contribution in [2.75, 3.05) is 6.61 Å². The number of aliphatic hydroxyl groups is 1. The molecule has 1 aliphatic rings. The van der Waals surface area contributed by atoms with E-state index in [1.807, 2.05) is 0 Å². The van der Waals surface area contributed by atoms with Gasteiger partial charge in [0.1, 0.15) is 0 Å². The zero-order valence-corrected chi connectivity index (χ0v) is 9.37. The highest BCUT2D eigenvalue weighted by Crippen LogP contribution is 2.23. The minimum atomic E-state index is 0.102. The monoisotopic (exact) mass is 200 g/mol. The third kappa shape index (κ3) is 4.43. The molecule has 1 fully saturated rings. The van der Waals surface area contributed by atoms with Crippen LogP contribution in [0, 0.1) is 0 Å². The first-order chi connectivity index (χ1) is 6.86. The Labute approximate surface area is 87.7 Å². The minimum absolute atomic E-state index is 0.102. The second-order valence-electron chi connectivity index (χ2n) is 4.34. The predicted octanol–water partition coefficient (Wildman–Crippen LogP) is 2.89. The van der Waals surface area contributed by atoms with E-state index in [9.17, 15) is 0 Å². The molecule has 1 saturated carbocycles. The second-order valence-corrected chi connectivity index (χ2v) is 4.34. The van der Waals surface area contributed by atoms with Gasteiger partial charge in [0.05, 0.1) is 18.8 Å². The molecule has 0 spiro atoms. The SMILES string of the molecule is CCCCCC(CO)OC1CCCC1. The van der Waals surface area contributed by atoms with Crippen LogP contribution >= 0.6 is 0 Å². The molecule has 0 aromatic heterocycles. The fourth-order valence-corrected chi connectivity index (χ4v) is 2.12. The molecule has 0 amide bonds. The molecular formula is C12H24O2. The number of unbranched alkanes of at least 4 members (excludes halogenated alkanes) is 2. The molecule has 2 nitrogen and oxygen atoms in total. The van der Waals surface area contributed by atoms with Gasteiger partial charge in [-0.05, 0) is 19.3 Å². The molecule has 0 bridgehead atoms. The van der Waals surface area contributed by atoms with Gasteiger partial charge >= 0.3 is 0 Å². The average molecular weight is 200 g/mol. The molecule has 1 aliphatic carbocycles. The molecule has 0 saturated heterocycles. The lowest BCUT2D eigenvalue weighted by atomic mass is 10.1. The molecule has 2 heteroatoms. The van der Waals surface area contributed by atoms with Gasteiger partial charge in [-0.2, -0.15) is 0 Å². The highest BCUT2D eigenvalue weighted by molar-refractivity contribution is 4.69. The quantitative estimate of drug-likeness (QED) is 0.640. The summed E-state index contributed by atoms with van der Waals surface area (Å²) in [5, 5.41) is 9.16. The maximum Gasteiger partial charge on any atom is 0.0809 e. The third-order valence-electron chi connectivity index (χ3n) is 3.02. The van der Waals surface area contributed by atoms with E-state index in [2.05, 4.69) is 6.92 Å². The fourth-order valence-electron chi connectivity index (χ4n) is 2.12. The summed E-state index contributed by atoms with van der Waals surface area (Å²) in [4.78, 5) is 0. The average Bonchev–Trinajstić information content (AvgIpc) is 2.69. The summed E-state index contributed by atoms with van der Waals surface area (Å²) in [6.07, 6.45) is 10.3. The van der Waals surface area contributed by atoms with Crippen LogP contribution in [0.1, 0.15) is 58.3 Å². The van der Waals surface area contributed by atoms with E-state index in [-0.39, 0.29) is 12.7 Å². The second kappa shape index (κ2) is 7.24. The Morgan fingerprint density at radius 1 is 1.29 bits per heavy atom. The molecule has 0 radical (unpaired) electrons. The van der Waals surface area contributed by atoms with Crippen molar-refractivity contribution >= 4 is 0 Å². The van der Waals surface area contributed by atoms with Gasteiger partial charge < -0.3 is 9.84 Å². The Morgan fingerprint density at radius 3 is 2.57 bits per heavy atom. The fraction of sp³-hybridized carbons (Fsp3) is 1.00. The van der Waals surface area contributed by atoms with Crippen LogP contribution in [0.4, 0.5) is 0 Å². The molecule has 1 N–H and O–H groups in total. The molecule has 1 atom stereocenters. The summed E-state index contributed by atoms with van der Waals surface area (Å²) >= 11 is 0. The van der Waals surface area contributed by atoms with Crippen molar-refractivity contribution in [3.63, 3.8) is 0 Å². The molecule has 1 unspecified atom stereocenters. The van der Waals surface area contributed by atoms with Crippen LogP contribution < -0.4 is 0 Å². The summed E-state index contributed by atoms with van der Waals surface area (Å²) in [7, 11) is 0. The zero-order valence-electron chi connectivity index (χ0n) is 9.37. The summed E-state index contributed by atoms with van der Waals surface area (Å²) in [5.74, 6) is 0. The first kappa shape index (κ1) is 12.0. The van der Waals surface area contributed by atoms with Crippen molar-refractivity contribution in [3.05, 3.63) is 0 Å². The summed E-state index contributed by atoms with van der Waals surface area (Å²) in [6, 6.07) is 0. The van der Waals surface area contributed by atoms with Gasteiger partial charge in [-0.3, -0.25) is 0 Å². The molecule has 0 aromatic rings. The normalized spacial score (nSPS) is 20.1. The van der Waals surface area contributed by atoms with Gasteiger partial charge in [0.15, 0.2) is 0 Å². The zero-order chi connectivity index (χ0) is 10.2. The van der Waals surface area contributed by atoms with Crippen LogP contribution in [0.3, 0.4) is 0 Å². The first-order valence-electron chi connectivity index (χ1n) is 6.13. The third-order valence-corrected chi connectivity index (χ3v) is 3.02. The molecule has 1 rings (SSSR count). The molecule has 0 aromatic carbocycles.